The van der Waals surface area contributed by atoms with Crippen LogP contribution in [-0.4, -0.2) is 33.1 Å². The van der Waals surface area contributed by atoms with Gasteiger partial charge in [-0.1, -0.05) is 0 Å². The van der Waals surface area contributed by atoms with E-state index < -0.39 is 59.5 Å². The summed E-state index contributed by atoms with van der Waals surface area (Å²) in [5, 5.41) is 4.68. The molecule has 1 aliphatic carbocycles. The van der Waals surface area contributed by atoms with Crippen LogP contribution in [-0.2, 0) is 23.6 Å². The standard InChI is InChI=1S/C26H22F6N4O3/c1-13-19(21(37)23(39)35-24(11-25(28,29)12-24)15-6-8-33-9-7-15)14(2)36(3)20(13)22(38)34-16-4-5-18(27)17(10-16)26(30,31)32/h4-10H,11-12H2,1-3H3,(H,34,38)(H,35,39). The molecule has 0 saturated heterocycles. The third-order valence-electron chi connectivity index (χ3n) is 6.82. The highest BCUT2D eigenvalue weighted by molar-refractivity contribution is 6.43. The summed E-state index contributed by atoms with van der Waals surface area (Å²) < 4.78 is 81.8. The zero-order valence-corrected chi connectivity index (χ0v) is 20.8. The van der Waals surface area contributed by atoms with Crippen molar-refractivity contribution in [2.75, 3.05) is 5.32 Å². The summed E-state index contributed by atoms with van der Waals surface area (Å²) in [4.78, 5) is 43.1. The molecular formula is C26H22F6N4O3. The van der Waals surface area contributed by atoms with Crippen LogP contribution in [0.5, 0.6) is 0 Å². The number of ketones is 1. The van der Waals surface area contributed by atoms with Gasteiger partial charge in [0.2, 0.25) is 0 Å². The number of halogens is 6. The minimum absolute atomic E-state index is 0.0442. The summed E-state index contributed by atoms with van der Waals surface area (Å²) in [5.41, 5.74) is -3.13. The van der Waals surface area contributed by atoms with E-state index >= 15 is 0 Å². The first-order chi connectivity index (χ1) is 18.1. The van der Waals surface area contributed by atoms with Gasteiger partial charge in [0.25, 0.3) is 23.5 Å². The molecule has 0 unspecified atom stereocenters. The van der Waals surface area contributed by atoms with E-state index in [9.17, 15) is 40.7 Å². The number of benzene rings is 1. The SMILES string of the molecule is Cc1c(C(=O)C(=O)NC2(c3ccncc3)CC(F)(F)C2)c(C)n(C)c1C(=O)Nc1ccc(F)c(C(F)(F)F)c1. The first-order valence-corrected chi connectivity index (χ1v) is 11.6. The van der Waals surface area contributed by atoms with Gasteiger partial charge < -0.3 is 15.2 Å². The molecule has 7 nitrogen and oxygen atoms in total. The topological polar surface area (TPSA) is 93.1 Å². The van der Waals surface area contributed by atoms with Crippen LogP contribution in [0, 0.1) is 19.7 Å². The van der Waals surface area contributed by atoms with Gasteiger partial charge in [0, 0.05) is 43.7 Å². The third-order valence-corrected chi connectivity index (χ3v) is 6.82. The second kappa shape index (κ2) is 9.54. The van der Waals surface area contributed by atoms with Crippen LogP contribution in [0.1, 0.15) is 56.1 Å². The number of Topliss-reactive ketones (excluding diaryl/α,β-unsaturated/α-hetero) is 1. The molecule has 13 heteroatoms. The summed E-state index contributed by atoms with van der Waals surface area (Å²) >= 11 is 0. The smallest absolute Gasteiger partial charge is 0.343 e. The lowest BCUT2D eigenvalue weighted by Gasteiger charge is -2.47. The van der Waals surface area contributed by atoms with E-state index in [1.54, 1.807) is 0 Å². The Bertz CT molecular complexity index is 1470. The van der Waals surface area contributed by atoms with Gasteiger partial charge in [0.15, 0.2) is 0 Å². The van der Waals surface area contributed by atoms with Crippen molar-refractivity contribution >= 4 is 23.3 Å². The molecular weight excluding hydrogens is 530 g/mol. The zero-order chi connectivity index (χ0) is 28.9. The number of hydrogen-bond acceptors (Lipinski definition) is 4. The normalized spacial score (nSPS) is 15.8. The average molecular weight is 552 g/mol. The van der Waals surface area contributed by atoms with Crippen LogP contribution >= 0.6 is 0 Å². The maximum atomic E-state index is 13.9. The van der Waals surface area contributed by atoms with Gasteiger partial charge in [0.05, 0.1) is 16.7 Å². The van der Waals surface area contributed by atoms with Crippen LogP contribution in [0.3, 0.4) is 0 Å². The van der Waals surface area contributed by atoms with E-state index in [1.807, 2.05) is 0 Å². The first kappa shape index (κ1) is 27.9. The maximum absolute atomic E-state index is 13.9. The Morgan fingerprint density at radius 2 is 1.64 bits per heavy atom. The lowest BCUT2D eigenvalue weighted by atomic mass is 9.69. The molecule has 0 radical (unpaired) electrons. The summed E-state index contributed by atoms with van der Waals surface area (Å²) in [7, 11) is 1.41. The number of carbonyl (C=O) groups excluding carboxylic acids is 3. The van der Waals surface area contributed by atoms with Gasteiger partial charge in [-0.3, -0.25) is 19.4 Å². The molecule has 2 aromatic heterocycles. The summed E-state index contributed by atoms with van der Waals surface area (Å²) in [5.74, 6) is -7.72. The summed E-state index contributed by atoms with van der Waals surface area (Å²) in [6, 6.07) is 4.86. The Labute approximate surface area is 218 Å². The highest BCUT2D eigenvalue weighted by Crippen LogP contribution is 2.51. The summed E-state index contributed by atoms with van der Waals surface area (Å²) in [6.07, 6.45) is -3.69. The molecule has 0 spiro atoms. The molecule has 3 aromatic rings. The van der Waals surface area contributed by atoms with E-state index in [4.69, 9.17) is 0 Å². The Morgan fingerprint density at radius 3 is 2.21 bits per heavy atom. The van der Waals surface area contributed by atoms with E-state index in [-0.39, 0.29) is 28.2 Å². The first-order valence-electron chi connectivity index (χ1n) is 11.6. The predicted octanol–water partition coefficient (Wildman–Crippen LogP) is 5.07. The Morgan fingerprint density at radius 1 is 1.03 bits per heavy atom. The Hall–Kier alpha value is -4.16. The van der Waals surface area contributed by atoms with Crippen LogP contribution in [0.2, 0.25) is 0 Å². The number of pyridine rings is 1. The molecule has 1 fully saturated rings. The van der Waals surface area contributed by atoms with E-state index in [0.29, 0.717) is 17.7 Å². The second-order valence-corrected chi connectivity index (χ2v) is 9.45. The number of nitrogens with one attached hydrogen (secondary N) is 2. The number of anilines is 1. The molecule has 0 aliphatic heterocycles. The number of hydrogen-bond donors (Lipinski definition) is 2. The van der Waals surface area contributed by atoms with Crippen LogP contribution < -0.4 is 10.6 Å². The molecule has 1 aromatic carbocycles. The fraction of sp³-hybridized carbons (Fsp3) is 0.308. The van der Waals surface area contributed by atoms with Gasteiger partial charge in [-0.15, -0.1) is 0 Å². The van der Waals surface area contributed by atoms with Crippen molar-refractivity contribution in [2.24, 2.45) is 7.05 Å². The lowest BCUT2D eigenvalue weighted by molar-refractivity contribution is -0.147. The highest BCUT2D eigenvalue weighted by atomic mass is 19.4. The number of rotatable bonds is 6. The molecule has 0 bridgehead atoms. The molecule has 2 heterocycles. The number of alkyl halides is 5. The third kappa shape index (κ3) is 5.12. The zero-order valence-electron chi connectivity index (χ0n) is 20.8. The number of carbonyl (C=O) groups is 3. The Kier molecular flexibility index (Phi) is 6.82. The van der Waals surface area contributed by atoms with Gasteiger partial charge in [-0.25, -0.2) is 13.2 Å². The van der Waals surface area contributed by atoms with Crippen molar-refractivity contribution in [3.8, 4) is 0 Å². The molecule has 1 saturated carbocycles. The minimum atomic E-state index is -4.99. The van der Waals surface area contributed by atoms with Crippen molar-refractivity contribution in [3.63, 3.8) is 0 Å². The average Bonchev–Trinajstić information content (AvgIpc) is 3.06. The maximum Gasteiger partial charge on any atom is 0.419 e. The van der Waals surface area contributed by atoms with E-state index in [0.717, 1.165) is 6.07 Å². The molecule has 4 rings (SSSR count). The van der Waals surface area contributed by atoms with Crippen LogP contribution in [0.4, 0.5) is 32.0 Å². The van der Waals surface area contributed by atoms with E-state index in [1.165, 1.54) is 50.0 Å². The van der Waals surface area contributed by atoms with Crippen molar-refractivity contribution in [2.45, 2.75) is 44.3 Å². The van der Waals surface area contributed by atoms with Crippen LogP contribution in [0.25, 0.3) is 0 Å². The van der Waals surface area contributed by atoms with Gasteiger partial charge in [0.1, 0.15) is 11.5 Å². The monoisotopic (exact) mass is 552 g/mol. The molecule has 0 atom stereocenters. The molecule has 2 amide bonds. The molecule has 206 valence electrons. The predicted molar refractivity (Wildman–Crippen MR) is 127 cm³/mol. The summed E-state index contributed by atoms with van der Waals surface area (Å²) in [6.45, 7) is 2.81. The molecule has 2 N–H and O–H groups in total. The molecule has 1 aliphatic rings. The number of amides is 2. The van der Waals surface area contributed by atoms with Gasteiger partial charge in [-0.05, 0) is 55.3 Å². The fourth-order valence-corrected chi connectivity index (χ4v) is 4.90. The number of nitrogens with zero attached hydrogens (tertiary/aromatic N) is 2. The van der Waals surface area contributed by atoms with Crippen molar-refractivity contribution in [1.82, 2.24) is 14.9 Å². The van der Waals surface area contributed by atoms with Crippen LogP contribution in [0.15, 0.2) is 42.7 Å². The van der Waals surface area contributed by atoms with Crippen molar-refractivity contribution in [3.05, 3.63) is 82.2 Å². The Balaban J connectivity index is 1.61. The quantitative estimate of drug-likeness (QED) is 0.254. The van der Waals surface area contributed by atoms with Crippen molar-refractivity contribution < 1.29 is 40.7 Å². The second-order valence-electron chi connectivity index (χ2n) is 9.45. The minimum Gasteiger partial charge on any atom is -0.343 e. The largest absolute Gasteiger partial charge is 0.419 e. The fourth-order valence-electron chi connectivity index (χ4n) is 4.90. The lowest BCUT2D eigenvalue weighted by Crippen LogP contribution is -2.60. The van der Waals surface area contributed by atoms with Gasteiger partial charge in [-0.2, -0.15) is 13.2 Å². The van der Waals surface area contributed by atoms with Gasteiger partial charge >= 0.3 is 6.18 Å². The highest BCUT2D eigenvalue weighted by Gasteiger charge is 2.58. The van der Waals surface area contributed by atoms with Crippen molar-refractivity contribution in [1.29, 1.82) is 0 Å². The number of aromatic nitrogens is 2. The molecule has 39 heavy (non-hydrogen) atoms. The van der Waals surface area contributed by atoms with E-state index in [2.05, 4.69) is 15.6 Å².